The first kappa shape index (κ1) is 13.7. The van der Waals surface area contributed by atoms with E-state index in [0.717, 1.165) is 11.3 Å². The van der Waals surface area contributed by atoms with Crippen molar-refractivity contribution in [3.63, 3.8) is 0 Å². The normalized spacial score (nSPS) is 12.6. The van der Waals surface area contributed by atoms with Gasteiger partial charge in [0.2, 0.25) is 0 Å². The van der Waals surface area contributed by atoms with Crippen molar-refractivity contribution >= 4 is 0 Å². The fraction of sp³-hybridized carbons (Fsp3) is 0.286. The molecule has 1 aromatic carbocycles. The minimum Gasteiger partial charge on any atom is -0.394 e. The van der Waals surface area contributed by atoms with E-state index in [4.69, 9.17) is 5.11 Å². The summed E-state index contributed by atoms with van der Waals surface area (Å²) in [7, 11) is 0. The maximum absolute atomic E-state index is 13.6. The van der Waals surface area contributed by atoms with Crippen LogP contribution in [-0.2, 0) is 6.54 Å². The van der Waals surface area contributed by atoms with E-state index in [-0.39, 0.29) is 12.4 Å². The first-order valence-corrected chi connectivity index (χ1v) is 6.12. The largest absolute Gasteiger partial charge is 0.394 e. The van der Waals surface area contributed by atoms with Crippen LogP contribution < -0.4 is 5.32 Å². The predicted molar refractivity (Wildman–Crippen MR) is 71.0 cm³/mol. The average molecular weight is 264 g/mol. The molecule has 0 bridgehead atoms. The highest BCUT2D eigenvalue weighted by Gasteiger charge is 2.07. The second-order valence-corrected chi connectivity index (χ2v) is 4.37. The lowest BCUT2D eigenvalue weighted by Crippen LogP contribution is -2.28. The second-order valence-electron chi connectivity index (χ2n) is 4.37. The number of aromatic amines is 1. The Morgan fingerprint density at radius 3 is 2.84 bits per heavy atom. The number of aliphatic hydroxyl groups is 2. The lowest BCUT2D eigenvalue weighted by molar-refractivity contribution is 0.0942. The lowest BCUT2D eigenvalue weighted by atomic mass is 10.1. The van der Waals surface area contributed by atoms with Crippen molar-refractivity contribution < 1.29 is 14.6 Å². The summed E-state index contributed by atoms with van der Waals surface area (Å²) < 4.78 is 13.6. The molecule has 1 atom stereocenters. The third-order valence-electron chi connectivity index (χ3n) is 2.83. The van der Waals surface area contributed by atoms with Crippen molar-refractivity contribution in [3.8, 4) is 11.3 Å². The summed E-state index contributed by atoms with van der Waals surface area (Å²) in [6, 6.07) is 8.44. The second kappa shape index (κ2) is 6.47. The highest BCUT2D eigenvalue weighted by atomic mass is 19.1. The van der Waals surface area contributed by atoms with Gasteiger partial charge in [-0.1, -0.05) is 12.1 Å². The molecule has 0 spiro atoms. The van der Waals surface area contributed by atoms with Crippen LogP contribution in [0.1, 0.15) is 5.56 Å². The minimum atomic E-state index is -0.759. The number of hydrogen-bond donors (Lipinski definition) is 4. The Labute approximate surface area is 110 Å². The highest BCUT2D eigenvalue weighted by molar-refractivity contribution is 5.60. The maximum Gasteiger partial charge on any atom is 0.132 e. The monoisotopic (exact) mass is 264 g/mol. The van der Waals surface area contributed by atoms with Gasteiger partial charge >= 0.3 is 0 Å². The van der Waals surface area contributed by atoms with Crippen LogP contribution in [0.25, 0.3) is 11.3 Å². The van der Waals surface area contributed by atoms with Crippen LogP contribution in [0, 0.1) is 5.82 Å². The summed E-state index contributed by atoms with van der Waals surface area (Å²) in [4.78, 5) is 3.02. The Balaban J connectivity index is 1.98. The van der Waals surface area contributed by atoms with Gasteiger partial charge in [-0.05, 0) is 23.8 Å². The smallest absolute Gasteiger partial charge is 0.132 e. The number of aliphatic hydroxyl groups excluding tert-OH is 2. The Kier molecular flexibility index (Phi) is 4.68. The third-order valence-corrected chi connectivity index (χ3v) is 2.83. The molecule has 0 fully saturated rings. The zero-order valence-corrected chi connectivity index (χ0v) is 10.4. The van der Waals surface area contributed by atoms with Crippen LogP contribution in [0.2, 0.25) is 0 Å². The number of benzene rings is 1. The number of rotatable bonds is 6. The topological polar surface area (TPSA) is 68.3 Å². The van der Waals surface area contributed by atoms with Gasteiger partial charge in [-0.15, -0.1) is 0 Å². The zero-order valence-electron chi connectivity index (χ0n) is 10.4. The van der Waals surface area contributed by atoms with Gasteiger partial charge in [0.05, 0.1) is 12.7 Å². The zero-order chi connectivity index (χ0) is 13.7. The first-order chi connectivity index (χ1) is 9.20. The van der Waals surface area contributed by atoms with Crippen LogP contribution in [0.5, 0.6) is 0 Å². The van der Waals surface area contributed by atoms with Gasteiger partial charge in [0.15, 0.2) is 0 Å². The SMILES string of the molecule is OCC(O)CNCc1c[nH]c(-c2ccccc2F)c1. The average Bonchev–Trinajstić information content (AvgIpc) is 2.87. The molecule has 19 heavy (non-hydrogen) atoms. The molecular weight excluding hydrogens is 247 g/mol. The molecule has 2 rings (SSSR count). The van der Waals surface area contributed by atoms with E-state index < -0.39 is 6.10 Å². The van der Waals surface area contributed by atoms with E-state index in [1.807, 2.05) is 6.07 Å². The Bertz CT molecular complexity index is 528. The molecule has 0 aliphatic heterocycles. The molecule has 1 unspecified atom stereocenters. The Morgan fingerprint density at radius 2 is 2.11 bits per heavy atom. The molecule has 0 saturated carbocycles. The third kappa shape index (κ3) is 3.64. The van der Waals surface area contributed by atoms with Gasteiger partial charge in [0.1, 0.15) is 5.82 Å². The summed E-state index contributed by atoms with van der Waals surface area (Å²) in [5.74, 6) is -0.264. The van der Waals surface area contributed by atoms with Crippen LogP contribution in [0.4, 0.5) is 4.39 Å². The van der Waals surface area contributed by atoms with Crippen molar-refractivity contribution in [2.75, 3.05) is 13.2 Å². The summed E-state index contributed by atoms with van der Waals surface area (Å²) in [5.41, 5.74) is 2.21. The number of halogens is 1. The van der Waals surface area contributed by atoms with Crippen molar-refractivity contribution in [2.45, 2.75) is 12.6 Å². The van der Waals surface area contributed by atoms with Crippen LogP contribution in [0.3, 0.4) is 0 Å². The van der Waals surface area contributed by atoms with Crippen LogP contribution in [0.15, 0.2) is 36.5 Å². The summed E-state index contributed by atoms with van der Waals surface area (Å²) in [5, 5.41) is 20.9. The molecule has 0 saturated heterocycles. The Hall–Kier alpha value is -1.69. The van der Waals surface area contributed by atoms with E-state index >= 15 is 0 Å². The van der Waals surface area contributed by atoms with Crippen molar-refractivity contribution in [1.29, 1.82) is 0 Å². The molecule has 2 aromatic rings. The van der Waals surface area contributed by atoms with Gasteiger partial charge in [-0.2, -0.15) is 0 Å². The van der Waals surface area contributed by atoms with E-state index in [9.17, 15) is 9.50 Å². The minimum absolute atomic E-state index is 0.263. The van der Waals surface area contributed by atoms with Crippen LogP contribution in [-0.4, -0.2) is 34.5 Å². The van der Waals surface area contributed by atoms with E-state index in [0.29, 0.717) is 18.7 Å². The number of H-pyrrole nitrogens is 1. The molecule has 5 heteroatoms. The number of hydrogen-bond acceptors (Lipinski definition) is 3. The van der Waals surface area contributed by atoms with Crippen molar-refractivity contribution in [1.82, 2.24) is 10.3 Å². The number of aromatic nitrogens is 1. The molecule has 0 aliphatic rings. The molecule has 1 aromatic heterocycles. The fourth-order valence-electron chi connectivity index (χ4n) is 1.82. The quantitative estimate of drug-likeness (QED) is 0.635. The Morgan fingerprint density at radius 1 is 1.32 bits per heavy atom. The summed E-state index contributed by atoms with van der Waals surface area (Å²) in [6.45, 7) is 0.597. The summed E-state index contributed by atoms with van der Waals surface area (Å²) in [6.07, 6.45) is 1.03. The molecule has 0 aliphatic carbocycles. The molecule has 1 heterocycles. The highest BCUT2D eigenvalue weighted by Crippen LogP contribution is 2.21. The molecule has 4 nitrogen and oxygen atoms in total. The van der Waals surface area contributed by atoms with Gasteiger partial charge in [-0.25, -0.2) is 4.39 Å². The van der Waals surface area contributed by atoms with E-state index in [1.165, 1.54) is 6.07 Å². The molecule has 0 amide bonds. The van der Waals surface area contributed by atoms with Crippen molar-refractivity contribution in [3.05, 3.63) is 47.9 Å². The molecule has 4 N–H and O–H groups in total. The van der Waals surface area contributed by atoms with Gasteiger partial charge in [0, 0.05) is 30.5 Å². The van der Waals surface area contributed by atoms with Crippen molar-refractivity contribution in [2.24, 2.45) is 0 Å². The van der Waals surface area contributed by atoms with E-state index in [2.05, 4.69) is 10.3 Å². The number of nitrogens with one attached hydrogen (secondary N) is 2. The lowest BCUT2D eigenvalue weighted by Gasteiger charge is -2.07. The standard InChI is InChI=1S/C14H17FN2O2/c15-13-4-2-1-3-12(13)14-5-10(7-17-14)6-16-8-11(19)9-18/h1-5,7,11,16-19H,6,8-9H2. The molecular formula is C14H17FN2O2. The van der Waals surface area contributed by atoms with Gasteiger partial charge in [0.25, 0.3) is 0 Å². The van der Waals surface area contributed by atoms with Gasteiger partial charge < -0.3 is 20.5 Å². The summed E-state index contributed by atoms with van der Waals surface area (Å²) >= 11 is 0. The molecule has 0 radical (unpaired) electrons. The van der Waals surface area contributed by atoms with Crippen LogP contribution >= 0.6 is 0 Å². The first-order valence-electron chi connectivity index (χ1n) is 6.12. The molecule has 102 valence electrons. The van der Waals surface area contributed by atoms with E-state index in [1.54, 1.807) is 24.4 Å². The predicted octanol–water partition coefficient (Wildman–Crippen LogP) is 1.26. The van der Waals surface area contributed by atoms with Gasteiger partial charge in [-0.3, -0.25) is 0 Å². The maximum atomic E-state index is 13.6. The fourth-order valence-corrected chi connectivity index (χ4v) is 1.82.